The van der Waals surface area contributed by atoms with E-state index < -0.39 is 0 Å². The van der Waals surface area contributed by atoms with Crippen LogP contribution >= 0.6 is 0 Å². The second-order valence-electron chi connectivity index (χ2n) is 5.58. The summed E-state index contributed by atoms with van der Waals surface area (Å²) in [5, 5.41) is 12.5. The smallest absolute Gasteiger partial charge is 0.204 e. The molecular weight excluding hydrogens is 228 g/mol. The second kappa shape index (κ2) is 5.28. The summed E-state index contributed by atoms with van der Waals surface area (Å²) >= 11 is 0. The Hall–Kier alpha value is -1.07. The summed E-state index contributed by atoms with van der Waals surface area (Å²) in [6.45, 7) is 2.14. The normalized spacial score (nSPS) is 16.9. The Kier molecular flexibility index (Phi) is 3.92. The molecule has 0 spiro atoms. The second-order valence-corrected chi connectivity index (χ2v) is 5.58. The molecule has 5 heteroatoms. The molecule has 1 aliphatic rings. The molecule has 5 nitrogen and oxygen atoms in total. The van der Waals surface area contributed by atoms with Crippen molar-refractivity contribution in [3.8, 4) is 0 Å². The monoisotopic (exact) mass is 252 g/mol. The maximum atomic E-state index is 9.02. The summed E-state index contributed by atoms with van der Waals surface area (Å²) in [5.74, 6) is 0.975. The van der Waals surface area contributed by atoms with Crippen LogP contribution in [0.15, 0.2) is 6.20 Å². The SMILES string of the molecule is CN(C)c1ncc(CNCC2(CCO)CC2)n1C. The topological polar surface area (TPSA) is 53.3 Å². The van der Waals surface area contributed by atoms with Crippen LogP contribution < -0.4 is 10.2 Å². The molecule has 1 aromatic rings. The van der Waals surface area contributed by atoms with Crippen molar-refractivity contribution in [2.45, 2.75) is 25.8 Å². The number of aliphatic hydroxyl groups is 1. The molecule has 0 bridgehead atoms. The van der Waals surface area contributed by atoms with E-state index >= 15 is 0 Å². The van der Waals surface area contributed by atoms with Crippen molar-refractivity contribution in [2.75, 3.05) is 32.1 Å². The number of aliphatic hydroxyl groups excluding tert-OH is 1. The third-order valence-electron chi connectivity index (χ3n) is 3.87. The van der Waals surface area contributed by atoms with Gasteiger partial charge in [0.2, 0.25) is 5.95 Å². The van der Waals surface area contributed by atoms with E-state index in [1.165, 1.54) is 18.5 Å². The average molecular weight is 252 g/mol. The third-order valence-corrected chi connectivity index (χ3v) is 3.87. The quantitative estimate of drug-likeness (QED) is 0.751. The molecule has 1 saturated carbocycles. The fourth-order valence-corrected chi connectivity index (χ4v) is 2.40. The van der Waals surface area contributed by atoms with Crippen LogP contribution in [0.2, 0.25) is 0 Å². The van der Waals surface area contributed by atoms with Crippen LogP contribution in [0.3, 0.4) is 0 Å². The molecule has 0 aromatic carbocycles. The van der Waals surface area contributed by atoms with Gasteiger partial charge in [0.15, 0.2) is 0 Å². The molecule has 0 saturated heterocycles. The first-order chi connectivity index (χ1) is 8.58. The Bertz CT molecular complexity index is 396. The van der Waals surface area contributed by atoms with Gasteiger partial charge in [-0.15, -0.1) is 0 Å². The lowest BCUT2D eigenvalue weighted by molar-refractivity contribution is 0.245. The highest BCUT2D eigenvalue weighted by molar-refractivity contribution is 5.30. The summed E-state index contributed by atoms with van der Waals surface area (Å²) in [6, 6.07) is 0. The molecular formula is C13H24N4O. The predicted octanol–water partition coefficient (Wildman–Crippen LogP) is 0.738. The van der Waals surface area contributed by atoms with E-state index in [-0.39, 0.29) is 0 Å². The average Bonchev–Trinajstić information content (AvgIpc) is 2.97. The number of hydrogen-bond acceptors (Lipinski definition) is 4. The number of hydrogen-bond donors (Lipinski definition) is 2. The van der Waals surface area contributed by atoms with E-state index in [9.17, 15) is 0 Å². The standard InChI is InChI=1S/C13H24N4O/c1-16(2)12-15-9-11(17(12)3)8-14-10-13(4-5-13)6-7-18/h9,14,18H,4-8,10H2,1-3H3. The highest BCUT2D eigenvalue weighted by atomic mass is 16.3. The predicted molar refractivity (Wildman–Crippen MR) is 72.6 cm³/mol. The van der Waals surface area contributed by atoms with Crippen LogP contribution in [0.5, 0.6) is 0 Å². The molecule has 0 aliphatic heterocycles. The Morgan fingerprint density at radius 3 is 2.72 bits per heavy atom. The molecule has 0 amide bonds. The molecule has 0 radical (unpaired) electrons. The molecule has 18 heavy (non-hydrogen) atoms. The summed E-state index contributed by atoms with van der Waals surface area (Å²) in [6.07, 6.45) is 5.34. The maximum Gasteiger partial charge on any atom is 0.204 e. The first kappa shape index (κ1) is 13.4. The van der Waals surface area contributed by atoms with Gasteiger partial charge in [0.25, 0.3) is 0 Å². The molecule has 0 unspecified atom stereocenters. The molecule has 2 N–H and O–H groups in total. The fraction of sp³-hybridized carbons (Fsp3) is 0.769. The molecule has 2 rings (SSSR count). The number of imidazole rings is 1. The van der Waals surface area contributed by atoms with Gasteiger partial charge in [-0.05, 0) is 24.7 Å². The van der Waals surface area contributed by atoms with Gasteiger partial charge in [0.1, 0.15) is 0 Å². The zero-order chi connectivity index (χ0) is 13.2. The van der Waals surface area contributed by atoms with Crippen molar-refractivity contribution in [1.82, 2.24) is 14.9 Å². The first-order valence-corrected chi connectivity index (χ1v) is 6.57. The van der Waals surface area contributed by atoms with Crippen molar-refractivity contribution in [2.24, 2.45) is 12.5 Å². The Morgan fingerprint density at radius 1 is 1.50 bits per heavy atom. The lowest BCUT2D eigenvalue weighted by atomic mass is 10.0. The molecule has 1 aliphatic carbocycles. The highest BCUT2D eigenvalue weighted by Crippen LogP contribution is 2.47. The highest BCUT2D eigenvalue weighted by Gasteiger charge is 2.41. The minimum Gasteiger partial charge on any atom is -0.396 e. The minimum atomic E-state index is 0.304. The van der Waals surface area contributed by atoms with Gasteiger partial charge in [-0.2, -0.15) is 0 Å². The van der Waals surface area contributed by atoms with Crippen LogP contribution in [-0.2, 0) is 13.6 Å². The lowest BCUT2D eigenvalue weighted by Crippen LogP contribution is -2.25. The Balaban J connectivity index is 1.84. The van der Waals surface area contributed by atoms with E-state index in [2.05, 4.69) is 14.9 Å². The summed E-state index contributed by atoms with van der Waals surface area (Å²) in [5.41, 5.74) is 1.57. The van der Waals surface area contributed by atoms with Gasteiger partial charge < -0.3 is 19.9 Å². The van der Waals surface area contributed by atoms with Crippen LogP contribution in [0.25, 0.3) is 0 Å². The van der Waals surface area contributed by atoms with Crippen molar-refractivity contribution in [3.63, 3.8) is 0 Å². The van der Waals surface area contributed by atoms with Gasteiger partial charge in [0.05, 0.1) is 11.9 Å². The minimum absolute atomic E-state index is 0.304. The fourth-order valence-electron chi connectivity index (χ4n) is 2.40. The van der Waals surface area contributed by atoms with E-state index in [1.54, 1.807) is 0 Å². The van der Waals surface area contributed by atoms with Crippen molar-refractivity contribution in [1.29, 1.82) is 0 Å². The maximum absolute atomic E-state index is 9.02. The van der Waals surface area contributed by atoms with Crippen LogP contribution in [0.4, 0.5) is 5.95 Å². The number of nitrogens with zero attached hydrogens (tertiary/aromatic N) is 3. The number of aromatic nitrogens is 2. The van der Waals surface area contributed by atoms with Gasteiger partial charge in [-0.25, -0.2) is 4.98 Å². The molecule has 1 fully saturated rings. The molecule has 0 atom stereocenters. The summed E-state index contributed by atoms with van der Waals surface area (Å²) in [4.78, 5) is 6.40. The Labute approximate surface area is 109 Å². The van der Waals surface area contributed by atoms with E-state index in [4.69, 9.17) is 5.11 Å². The van der Waals surface area contributed by atoms with Crippen molar-refractivity contribution >= 4 is 5.95 Å². The lowest BCUT2D eigenvalue weighted by Gasteiger charge is -2.15. The largest absolute Gasteiger partial charge is 0.396 e. The summed E-state index contributed by atoms with van der Waals surface area (Å²) in [7, 11) is 6.04. The number of anilines is 1. The zero-order valence-corrected chi connectivity index (χ0v) is 11.6. The molecule has 1 aromatic heterocycles. The van der Waals surface area contributed by atoms with E-state index in [0.717, 1.165) is 25.5 Å². The van der Waals surface area contributed by atoms with Crippen molar-refractivity contribution < 1.29 is 5.11 Å². The number of nitrogens with one attached hydrogen (secondary N) is 1. The Morgan fingerprint density at radius 2 is 2.22 bits per heavy atom. The first-order valence-electron chi connectivity index (χ1n) is 6.57. The van der Waals surface area contributed by atoms with E-state index in [0.29, 0.717) is 12.0 Å². The van der Waals surface area contributed by atoms with Crippen LogP contribution in [-0.4, -0.2) is 41.9 Å². The van der Waals surface area contributed by atoms with Gasteiger partial charge in [0, 0.05) is 40.8 Å². The van der Waals surface area contributed by atoms with E-state index in [1.807, 2.05) is 32.2 Å². The van der Waals surface area contributed by atoms with Gasteiger partial charge in [-0.1, -0.05) is 0 Å². The van der Waals surface area contributed by atoms with Crippen LogP contribution in [0.1, 0.15) is 25.0 Å². The van der Waals surface area contributed by atoms with Gasteiger partial charge >= 0.3 is 0 Å². The molecule has 1 heterocycles. The van der Waals surface area contributed by atoms with Crippen molar-refractivity contribution in [3.05, 3.63) is 11.9 Å². The number of rotatable bonds is 7. The third kappa shape index (κ3) is 2.84. The van der Waals surface area contributed by atoms with Crippen LogP contribution in [0, 0.1) is 5.41 Å². The molecule has 102 valence electrons. The summed E-state index contributed by atoms with van der Waals surface area (Å²) < 4.78 is 2.11. The zero-order valence-electron chi connectivity index (χ0n) is 11.6. The van der Waals surface area contributed by atoms with Gasteiger partial charge in [-0.3, -0.25) is 0 Å².